The molecule has 0 fully saturated rings. The number of pyridine rings is 2. The number of nitrogens with one attached hydrogen (secondary N) is 2. The minimum Gasteiger partial charge on any atom is -0.441 e. The van der Waals surface area contributed by atoms with Gasteiger partial charge in [0.2, 0.25) is 5.91 Å². The second-order valence-electron chi connectivity index (χ2n) is 6.53. The lowest BCUT2D eigenvalue weighted by molar-refractivity contribution is -0.114. The molecule has 2 N–H and O–H groups in total. The molecule has 30 heavy (non-hydrogen) atoms. The molecule has 1 unspecified atom stereocenters. The summed E-state index contributed by atoms with van der Waals surface area (Å²) < 4.78 is 6.82. The van der Waals surface area contributed by atoms with Gasteiger partial charge >= 0.3 is 6.09 Å². The molecule has 0 saturated heterocycles. The van der Waals surface area contributed by atoms with E-state index < -0.39 is 12.2 Å². The predicted molar refractivity (Wildman–Crippen MR) is 111 cm³/mol. The Kier molecular flexibility index (Phi) is 6.26. The van der Waals surface area contributed by atoms with E-state index in [2.05, 4.69) is 30.9 Å². The SMILES string of the molecule is CC(=O)Nc1ccc(-c2nnn(C)c2NC(=O)OC(C)c2ccc(C)nc2Cl)nc1. The number of carbonyl (C=O) groups excluding carboxylic acids is 2. The molecular formula is C19H20ClN7O3. The third kappa shape index (κ3) is 4.90. The summed E-state index contributed by atoms with van der Waals surface area (Å²) in [5.74, 6) is 0.104. The molecule has 0 bridgehead atoms. The minimum atomic E-state index is -0.708. The van der Waals surface area contributed by atoms with Gasteiger partial charge in [-0.1, -0.05) is 22.9 Å². The van der Waals surface area contributed by atoms with E-state index in [0.29, 0.717) is 28.5 Å². The molecule has 0 aliphatic carbocycles. The van der Waals surface area contributed by atoms with Crippen LogP contribution < -0.4 is 10.6 Å². The lowest BCUT2D eigenvalue weighted by Gasteiger charge is -2.15. The molecule has 2 amide bonds. The van der Waals surface area contributed by atoms with Gasteiger partial charge in [-0.05, 0) is 32.0 Å². The maximum absolute atomic E-state index is 12.4. The van der Waals surface area contributed by atoms with Gasteiger partial charge in [0.1, 0.15) is 11.3 Å². The van der Waals surface area contributed by atoms with Gasteiger partial charge in [0.25, 0.3) is 0 Å². The van der Waals surface area contributed by atoms with Crippen LogP contribution in [-0.2, 0) is 16.6 Å². The number of carbonyl (C=O) groups is 2. The molecule has 1 atom stereocenters. The van der Waals surface area contributed by atoms with Crippen molar-refractivity contribution in [1.82, 2.24) is 25.0 Å². The second-order valence-corrected chi connectivity index (χ2v) is 6.89. The van der Waals surface area contributed by atoms with Gasteiger partial charge in [0, 0.05) is 25.2 Å². The van der Waals surface area contributed by atoms with Gasteiger partial charge in [0.15, 0.2) is 11.5 Å². The van der Waals surface area contributed by atoms with Crippen molar-refractivity contribution >= 4 is 35.1 Å². The Morgan fingerprint density at radius 3 is 2.60 bits per heavy atom. The standard InChI is InChI=1S/C19H20ClN7O3/c1-10-5-7-14(17(20)22-10)11(2)30-19(29)24-18-16(25-26-27(18)4)15-8-6-13(9-21-15)23-12(3)28/h5-9,11H,1-4H3,(H,23,28)(H,24,29). The smallest absolute Gasteiger partial charge is 0.413 e. The summed E-state index contributed by atoms with van der Waals surface area (Å²) >= 11 is 6.14. The van der Waals surface area contributed by atoms with Crippen LogP contribution in [0.5, 0.6) is 0 Å². The van der Waals surface area contributed by atoms with Crippen LogP contribution in [0.1, 0.15) is 31.2 Å². The Morgan fingerprint density at radius 1 is 1.20 bits per heavy atom. The van der Waals surface area contributed by atoms with E-state index >= 15 is 0 Å². The van der Waals surface area contributed by atoms with Gasteiger partial charge in [0.05, 0.1) is 17.6 Å². The first-order chi connectivity index (χ1) is 14.2. The summed E-state index contributed by atoms with van der Waals surface area (Å²) in [5.41, 5.74) is 2.72. The van der Waals surface area contributed by atoms with Crippen LogP contribution in [0.15, 0.2) is 30.5 Å². The van der Waals surface area contributed by atoms with E-state index in [1.807, 2.05) is 6.92 Å². The fourth-order valence-electron chi connectivity index (χ4n) is 2.67. The van der Waals surface area contributed by atoms with Crippen molar-refractivity contribution in [2.45, 2.75) is 26.9 Å². The van der Waals surface area contributed by atoms with E-state index in [9.17, 15) is 9.59 Å². The van der Waals surface area contributed by atoms with Crippen molar-refractivity contribution in [3.63, 3.8) is 0 Å². The van der Waals surface area contributed by atoms with Crippen LogP contribution in [0, 0.1) is 6.92 Å². The number of halogens is 1. The molecule has 10 nitrogen and oxygen atoms in total. The number of hydrogen-bond donors (Lipinski definition) is 2. The number of aromatic nitrogens is 5. The highest BCUT2D eigenvalue weighted by Gasteiger charge is 2.20. The number of aryl methyl sites for hydroxylation is 2. The summed E-state index contributed by atoms with van der Waals surface area (Å²) in [6.45, 7) is 4.93. The van der Waals surface area contributed by atoms with E-state index in [1.54, 1.807) is 38.2 Å². The largest absolute Gasteiger partial charge is 0.441 e. The van der Waals surface area contributed by atoms with Crippen LogP contribution in [0.25, 0.3) is 11.4 Å². The van der Waals surface area contributed by atoms with Gasteiger partial charge in [-0.3, -0.25) is 15.1 Å². The minimum absolute atomic E-state index is 0.202. The van der Waals surface area contributed by atoms with Gasteiger partial charge < -0.3 is 10.1 Å². The van der Waals surface area contributed by atoms with Crippen LogP contribution in [0.4, 0.5) is 16.3 Å². The molecule has 3 aromatic heterocycles. The van der Waals surface area contributed by atoms with Gasteiger partial charge in [-0.2, -0.15) is 0 Å². The Balaban J connectivity index is 1.75. The zero-order valence-corrected chi connectivity index (χ0v) is 17.6. The Hall–Kier alpha value is -3.53. The summed E-state index contributed by atoms with van der Waals surface area (Å²) in [6.07, 6.45) is 0.160. The first kappa shape index (κ1) is 21.2. The number of hydrogen-bond acceptors (Lipinski definition) is 7. The first-order valence-corrected chi connectivity index (χ1v) is 9.36. The molecule has 156 valence electrons. The monoisotopic (exact) mass is 429 g/mol. The number of anilines is 2. The second kappa shape index (κ2) is 8.87. The van der Waals surface area contributed by atoms with Crippen LogP contribution >= 0.6 is 11.6 Å². The maximum atomic E-state index is 12.4. The van der Waals surface area contributed by atoms with Crippen LogP contribution in [0.3, 0.4) is 0 Å². The predicted octanol–water partition coefficient (Wildman–Crippen LogP) is 3.50. The highest BCUT2D eigenvalue weighted by molar-refractivity contribution is 6.30. The number of rotatable bonds is 5. The molecule has 3 aromatic rings. The molecule has 11 heteroatoms. The summed E-state index contributed by atoms with van der Waals surface area (Å²) in [7, 11) is 1.63. The molecule has 0 aromatic carbocycles. The Labute approximate surface area is 177 Å². The lowest BCUT2D eigenvalue weighted by Crippen LogP contribution is -2.18. The van der Waals surface area contributed by atoms with Crippen molar-refractivity contribution in [1.29, 1.82) is 0 Å². The van der Waals surface area contributed by atoms with Crippen molar-refractivity contribution in [2.24, 2.45) is 7.05 Å². The van der Waals surface area contributed by atoms with Crippen molar-refractivity contribution in [2.75, 3.05) is 10.6 Å². The average Bonchev–Trinajstić information content (AvgIpc) is 3.02. The molecule has 0 radical (unpaired) electrons. The van der Waals surface area contributed by atoms with Crippen LogP contribution in [-0.4, -0.2) is 37.0 Å². The highest BCUT2D eigenvalue weighted by atomic mass is 35.5. The first-order valence-electron chi connectivity index (χ1n) is 8.99. The normalized spacial score (nSPS) is 11.6. The fraction of sp³-hybridized carbons (Fsp3) is 0.263. The number of nitrogens with zero attached hydrogens (tertiary/aromatic N) is 5. The average molecular weight is 430 g/mol. The molecule has 0 saturated carbocycles. The van der Waals surface area contributed by atoms with E-state index in [-0.39, 0.29) is 11.1 Å². The summed E-state index contributed by atoms with van der Waals surface area (Å²) in [6, 6.07) is 6.89. The topological polar surface area (TPSA) is 124 Å². The van der Waals surface area contributed by atoms with Crippen molar-refractivity contribution in [3.8, 4) is 11.4 Å². The van der Waals surface area contributed by atoms with E-state index in [4.69, 9.17) is 16.3 Å². The van der Waals surface area contributed by atoms with Gasteiger partial charge in [-0.25, -0.2) is 14.5 Å². The van der Waals surface area contributed by atoms with E-state index in [1.165, 1.54) is 17.8 Å². The number of amides is 2. The Bertz CT molecular complexity index is 1080. The quantitative estimate of drug-likeness (QED) is 0.594. The van der Waals surface area contributed by atoms with Crippen molar-refractivity contribution < 1.29 is 14.3 Å². The lowest BCUT2D eigenvalue weighted by atomic mass is 10.2. The molecule has 3 rings (SSSR count). The van der Waals surface area contributed by atoms with Crippen LogP contribution in [0.2, 0.25) is 5.15 Å². The number of ether oxygens (including phenoxy) is 1. The maximum Gasteiger partial charge on any atom is 0.413 e. The summed E-state index contributed by atoms with van der Waals surface area (Å²) in [5, 5.41) is 13.5. The molecule has 0 aliphatic heterocycles. The molecule has 0 aliphatic rings. The van der Waals surface area contributed by atoms with Crippen molar-refractivity contribution in [3.05, 3.63) is 46.9 Å². The third-order valence-corrected chi connectivity index (χ3v) is 4.42. The molecule has 3 heterocycles. The fourth-order valence-corrected chi connectivity index (χ4v) is 3.02. The molecule has 0 spiro atoms. The summed E-state index contributed by atoms with van der Waals surface area (Å²) in [4.78, 5) is 32.0. The van der Waals surface area contributed by atoms with E-state index in [0.717, 1.165) is 5.69 Å². The highest BCUT2D eigenvalue weighted by Crippen LogP contribution is 2.27. The zero-order valence-electron chi connectivity index (χ0n) is 16.8. The third-order valence-electron chi connectivity index (χ3n) is 4.11. The van der Waals surface area contributed by atoms with Gasteiger partial charge in [-0.15, -0.1) is 5.10 Å². The molecular weight excluding hydrogens is 410 g/mol. The Morgan fingerprint density at radius 2 is 1.97 bits per heavy atom. The zero-order chi connectivity index (χ0) is 21.8.